The van der Waals surface area contributed by atoms with Crippen LogP contribution in [0, 0.1) is 0 Å². The van der Waals surface area contributed by atoms with Gasteiger partial charge in [-0.05, 0) is 59.7 Å². The zero-order valence-electron chi connectivity index (χ0n) is 20.8. The first-order valence-corrected chi connectivity index (χ1v) is 11.9. The first kappa shape index (κ1) is 25.1. The van der Waals surface area contributed by atoms with E-state index in [1.807, 2.05) is 36.4 Å². The van der Waals surface area contributed by atoms with Gasteiger partial charge in [-0.3, -0.25) is 4.90 Å². The highest BCUT2D eigenvalue weighted by molar-refractivity contribution is 5.89. The van der Waals surface area contributed by atoms with E-state index in [-0.39, 0.29) is 18.3 Å². The summed E-state index contributed by atoms with van der Waals surface area (Å²) in [5, 5.41) is 9.87. The predicted octanol–water partition coefficient (Wildman–Crippen LogP) is 4.74. The summed E-state index contributed by atoms with van der Waals surface area (Å²) < 4.78 is 16.6. The minimum absolute atomic E-state index is 0.205. The molecule has 0 unspecified atom stereocenters. The zero-order valence-corrected chi connectivity index (χ0v) is 20.8. The van der Waals surface area contributed by atoms with Crippen LogP contribution >= 0.6 is 0 Å². The van der Waals surface area contributed by atoms with Gasteiger partial charge in [-0.1, -0.05) is 24.8 Å². The average Bonchev–Trinajstić information content (AvgIpc) is 2.92. The molecule has 0 amide bonds. The van der Waals surface area contributed by atoms with E-state index in [1.165, 1.54) is 0 Å². The second-order valence-electron chi connectivity index (χ2n) is 8.61. The molecule has 1 N–H and O–H groups in total. The Morgan fingerprint density at radius 2 is 1.61 bits per heavy atom. The summed E-state index contributed by atoms with van der Waals surface area (Å²) in [6, 6.07) is 18.7. The van der Waals surface area contributed by atoms with Gasteiger partial charge in [0.1, 0.15) is 23.9 Å². The van der Waals surface area contributed by atoms with Gasteiger partial charge < -0.3 is 24.2 Å². The van der Waals surface area contributed by atoms with Crippen molar-refractivity contribution < 1.29 is 24.1 Å². The summed E-state index contributed by atoms with van der Waals surface area (Å²) in [6.45, 7) is 7.96. The Hall–Kier alpha value is -3.97. The molecule has 1 heterocycles. The van der Waals surface area contributed by atoms with Gasteiger partial charge in [0.15, 0.2) is 0 Å². The number of rotatable bonds is 9. The number of hydrogen-bond acceptors (Lipinski definition) is 7. The SMILES string of the molecule is C=CCOC(=O)c1ccc(N2CCN(Cc3c(OC)cc(-c4cccc(O)c4)cc3OC)CC2)cc1. The van der Waals surface area contributed by atoms with Gasteiger partial charge in [-0.15, -0.1) is 0 Å². The van der Waals surface area contributed by atoms with Crippen LogP contribution < -0.4 is 14.4 Å². The third kappa shape index (κ3) is 5.80. The summed E-state index contributed by atoms with van der Waals surface area (Å²) in [7, 11) is 3.33. The highest BCUT2D eigenvalue weighted by atomic mass is 16.5. The monoisotopic (exact) mass is 488 g/mol. The fourth-order valence-corrected chi connectivity index (χ4v) is 4.41. The first-order chi connectivity index (χ1) is 17.5. The third-order valence-corrected chi connectivity index (χ3v) is 6.34. The molecule has 0 spiro atoms. The summed E-state index contributed by atoms with van der Waals surface area (Å²) >= 11 is 0. The van der Waals surface area contributed by atoms with Gasteiger partial charge in [-0.2, -0.15) is 0 Å². The number of phenols is 1. The van der Waals surface area contributed by atoms with Crippen LogP contribution in [0.15, 0.2) is 73.3 Å². The Bertz CT molecular complexity index is 1180. The Morgan fingerprint density at radius 1 is 0.944 bits per heavy atom. The fraction of sp³-hybridized carbons (Fsp3) is 0.276. The van der Waals surface area contributed by atoms with Crippen LogP contribution in [-0.4, -0.2) is 63.0 Å². The minimum atomic E-state index is -0.343. The number of ether oxygens (including phenoxy) is 3. The van der Waals surface area contributed by atoms with E-state index in [0.29, 0.717) is 12.1 Å². The number of aromatic hydroxyl groups is 1. The van der Waals surface area contributed by atoms with E-state index in [9.17, 15) is 9.90 Å². The lowest BCUT2D eigenvalue weighted by Gasteiger charge is -2.36. The number of nitrogens with zero attached hydrogens (tertiary/aromatic N) is 2. The quantitative estimate of drug-likeness (QED) is 0.345. The molecule has 1 aliphatic rings. The van der Waals surface area contributed by atoms with Crippen LogP contribution in [-0.2, 0) is 11.3 Å². The maximum atomic E-state index is 12.0. The van der Waals surface area contributed by atoms with Crippen molar-refractivity contribution in [3.63, 3.8) is 0 Å². The standard InChI is InChI=1S/C29H32N2O5/c1-4-16-36-29(33)21-8-10-24(11-9-21)31-14-12-30(13-15-31)20-26-27(34-2)18-23(19-28(26)35-3)22-6-5-7-25(32)17-22/h4-11,17-19,32H,1,12-16,20H2,2-3H3. The van der Waals surface area contributed by atoms with E-state index in [0.717, 1.165) is 60.1 Å². The van der Waals surface area contributed by atoms with E-state index in [4.69, 9.17) is 14.2 Å². The van der Waals surface area contributed by atoms with Crippen LogP contribution in [0.3, 0.4) is 0 Å². The molecule has 0 atom stereocenters. The first-order valence-electron chi connectivity index (χ1n) is 11.9. The average molecular weight is 489 g/mol. The lowest BCUT2D eigenvalue weighted by Crippen LogP contribution is -2.46. The van der Waals surface area contributed by atoms with Crippen molar-refractivity contribution >= 4 is 11.7 Å². The van der Waals surface area contributed by atoms with Crippen molar-refractivity contribution in [2.24, 2.45) is 0 Å². The van der Waals surface area contributed by atoms with Gasteiger partial charge in [0.05, 0.1) is 25.3 Å². The molecule has 4 rings (SSSR count). The molecule has 1 saturated heterocycles. The number of methoxy groups -OCH3 is 2. The number of carbonyl (C=O) groups excluding carboxylic acids is 1. The Morgan fingerprint density at radius 3 is 2.19 bits per heavy atom. The van der Waals surface area contributed by atoms with Gasteiger partial charge >= 0.3 is 5.97 Å². The van der Waals surface area contributed by atoms with Crippen LogP contribution in [0.1, 0.15) is 15.9 Å². The molecule has 1 fully saturated rings. The summed E-state index contributed by atoms with van der Waals surface area (Å²) in [6.07, 6.45) is 1.56. The van der Waals surface area contributed by atoms with Crippen molar-refractivity contribution in [1.29, 1.82) is 0 Å². The zero-order chi connectivity index (χ0) is 25.5. The topological polar surface area (TPSA) is 71.5 Å². The predicted molar refractivity (Wildman–Crippen MR) is 141 cm³/mol. The van der Waals surface area contributed by atoms with Gasteiger partial charge in [0, 0.05) is 38.4 Å². The minimum Gasteiger partial charge on any atom is -0.508 e. The third-order valence-electron chi connectivity index (χ3n) is 6.34. The van der Waals surface area contributed by atoms with Crippen LogP contribution in [0.2, 0.25) is 0 Å². The van der Waals surface area contributed by atoms with Crippen molar-refractivity contribution in [3.05, 3.63) is 84.4 Å². The largest absolute Gasteiger partial charge is 0.508 e. The maximum absolute atomic E-state index is 12.0. The van der Waals surface area contributed by atoms with Crippen LogP contribution in [0.4, 0.5) is 5.69 Å². The number of esters is 1. The van der Waals surface area contributed by atoms with Crippen molar-refractivity contribution in [3.8, 4) is 28.4 Å². The summed E-state index contributed by atoms with van der Waals surface area (Å²) in [4.78, 5) is 16.7. The Kier molecular flexibility index (Phi) is 8.13. The highest BCUT2D eigenvalue weighted by Gasteiger charge is 2.22. The lowest BCUT2D eigenvalue weighted by atomic mass is 10.0. The summed E-state index contributed by atoms with van der Waals surface area (Å²) in [5.74, 6) is 1.39. The molecule has 0 saturated carbocycles. The molecular weight excluding hydrogens is 456 g/mol. The Balaban J connectivity index is 1.42. The van der Waals surface area contributed by atoms with Crippen molar-refractivity contribution in [2.45, 2.75) is 6.54 Å². The molecule has 7 nitrogen and oxygen atoms in total. The molecule has 3 aromatic carbocycles. The highest BCUT2D eigenvalue weighted by Crippen LogP contribution is 2.37. The molecule has 0 radical (unpaired) electrons. The molecular formula is C29H32N2O5. The fourth-order valence-electron chi connectivity index (χ4n) is 4.41. The van der Waals surface area contributed by atoms with Crippen molar-refractivity contribution in [1.82, 2.24) is 4.90 Å². The number of phenolic OH excluding ortho intramolecular Hbond substituents is 1. The Labute approximate surface area is 212 Å². The number of benzene rings is 3. The second kappa shape index (κ2) is 11.6. The van der Waals surface area contributed by atoms with E-state index < -0.39 is 0 Å². The molecule has 0 aliphatic carbocycles. The van der Waals surface area contributed by atoms with Gasteiger partial charge in [0.25, 0.3) is 0 Å². The second-order valence-corrected chi connectivity index (χ2v) is 8.61. The maximum Gasteiger partial charge on any atom is 0.338 e. The molecule has 0 aromatic heterocycles. The van der Waals surface area contributed by atoms with Gasteiger partial charge in [-0.25, -0.2) is 4.79 Å². The lowest BCUT2D eigenvalue weighted by molar-refractivity contribution is 0.0549. The number of carbonyl (C=O) groups is 1. The van der Waals surface area contributed by atoms with Gasteiger partial charge in [0.2, 0.25) is 0 Å². The summed E-state index contributed by atoms with van der Waals surface area (Å²) in [5.41, 5.74) is 4.43. The molecule has 3 aromatic rings. The molecule has 7 heteroatoms. The van der Waals surface area contributed by atoms with Crippen molar-refractivity contribution in [2.75, 3.05) is 51.9 Å². The van der Waals surface area contributed by atoms with E-state index >= 15 is 0 Å². The van der Waals surface area contributed by atoms with Crippen LogP contribution in [0.5, 0.6) is 17.2 Å². The molecule has 1 aliphatic heterocycles. The number of anilines is 1. The van der Waals surface area contributed by atoms with E-state index in [1.54, 1.807) is 44.6 Å². The van der Waals surface area contributed by atoms with Crippen LogP contribution in [0.25, 0.3) is 11.1 Å². The number of hydrogen-bond donors (Lipinski definition) is 1. The normalized spacial score (nSPS) is 13.8. The molecule has 36 heavy (non-hydrogen) atoms. The van der Waals surface area contributed by atoms with E-state index in [2.05, 4.69) is 16.4 Å². The molecule has 0 bridgehead atoms. The molecule has 188 valence electrons. The smallest absolute Gasteiger partial charge is 0.338 e. The number of piperazine rings is 1.